The third kappa shape index (κ3) is 4.47. The number of hydrogen-bond donors (Lipinski definition) is 0. The number of esters is 3. The number of hydrogen-bond acceptors (Lipinski definition) is 7. The highest BCUT2D eigenvalue weighted by Crippen LogP contribution is 2.24. The van der Waals surface area contributed by atoms with Gasteiger partial charge in [-0.25, -0.2) is 4.39 Å². The van der Waals surface area contributed by atoms with E-state index in [0.717, 1.165) is 20.8 Å². The predicted octanol–water partition coefficient (Wildman–Crippen LogP) is 0.107. The van der Waals surface area contributed by atoms with Crippen LogP contribution in [0.1, 0.15) is 20.8 Å². The first-order chi connectivity index (χ1) is 8.81. The van der Waals surface area contributed by atoms with Gasteiger partial charge in [-0.05, 0) is 0 Å². The monoisotopic (exact) mass is 278 g/mol. The fourth-order valence-corrected chi connectivity index (χ4v) is 1.70. The van der Waals surface area contributed by atoms with E-state index in [1.165, 1.54) is 0 Å². The highest BCUT2D eigenvalue weighted by atomic mass is 19.1. The topological polar surface area (TPSA) is 88.1 Å². The van der Waals surface area contributed by atoms with Crippen molar-refractivity contribution in [1.82, 2.24) is 0 Å². The molecule has 0 radical (unpaired) electrons. The average molecular weight is 278 g/mol. The second-order valence-electron chi connectivity index (χ2n) is 3.98. The normalized spacial score (nSPS) is 30.3. The summed E-state index contributed by atoms with van der Waals surface area (Å²) >= 11 is 0. The molecule has 1 unspecified atom stereocenters. The molecule has 0 amide bonds. The molecule has 0 aromatic rings. The highest BCUT2D eigenvalue weighted by molar-refractivity contribution is 5.68. The van der Waals surface area contributed by atoms with Crippen LogP contribution >= 0.6 is 0 Å². The zero-order valence-corrected chi connectivity index (χ0v) is 10.8. The van der Waals surface area contributed by atoms with E-state index < -0.39 is 42.6 Å². The van der Waals surface area contributed by atoms with Gasteiger partial charge in [-0.2, -0.15) is 0 Å². The number of carbonyl (C=O) groups is 3. The van der Waals surface area contributed by atoms with Crippen LogP contribution in [0.15, 0.2) is 0 Å². The van der Waals surface area contributed by atoms with Crippen molar-refractivity contribution in [1.29, 1.82) is 0 Å². The Morgan fingerprint density at radius 2 is 1.42 bits per heavy atom. The van der Waals surface area contributed by atoms with Gasteiger partial charge in [0.2, 0.25) is 6.36 Å². The van der Waals surface area contributed by atoms with Crippen molar-refractivity contribution in [3.05, 3.63) is 0 Å². The Balaban J connectivity index is 2.89. The van der Waals surface area contributed by atoms with E-state index in [9.17, 15) is 18.8 Å². The zero-order chi connectivity index (χ0) is 14.6. The van der Waals surface area contributed by atoms with Gasteiger partial charge in [0.25, 0.3) is 0 Å². The van der Waals surface area contributed by atoms with Crippen LogP contribution in [0.5, 0.6) is 0 Å². The second kappa shape index (κ2) is 6.46. The summed E-state index contributed by atoms with van der Waals surface area (Å²) in [7, 11) is 0. The van der Waals surface area contributed by atoms with Crippen molar-refractivity contribution in [3.63, 3.8) is 0 Å². The third-order valence-electron chi connectivity index (χ3n) is 2.29. The maximum atomic E-state index is 13.6. The quantitative estimate of drug-likeness (QED) is 0.534. The van der Waals surface area contributed by atoms with Crippen molar-refractivity contribution in [3.8, 4) is 0 Å². The maximum absolute atomic E-state index is 13.6. The number of rotatable bonds is 3. The molecule has 1 rings (SSSR count). The Morgan fingerprint density at radius 3 is 1.89 bits per heavy atom. The van der Waals surface area contributed by atoms with Crippen LogP contribution in [0.4, 0.5) is 4.39 Å². The van der Waals surface area contributed by atoms with Crippen LogP contribution in [-0.4, -0.2) is 49.2 Å². The molecule has 4 atom stereocenters. The first-order valence-electron chi connectivity index (χ1n) is 5.58. The van der Waals surface area contributed by atoms with E-state index in [4.69, 9.17) is 18.9 Å². The maximum Gasteiger partial charge on any atom is 0.303 e. The summed E-state index contributed by atoms with van der Waals surface area (Å²) in [4.78, 5) is 32.9. The molecule has 1 saturated heterocycles. The standard InChI is InChI=1S/C11H15FO7/c1-5(13)17-8-4-16-11(12)10(19-7(3)15)9(8)18-6(2)14/h8-11H,4H2,1-3H3/t8-,9+,10-,11?/m1/s1. The fraction of sp³-hybridized carbons (Fsp3) is 0.727. The van der Waals surface area contributed by atoms with Crippen molar-refractivity contribution >= 4 is 17.9 Å². The molecule has 1 heterocycles. The van der Waals surface area contributed by atoms with Gasteiger partial charge < -0.3 is 18.9 Å². The summed E-state index contributed by atoms with van der Waals surface area (Å²) < 4.78 is 32.8. The molecule has 1 aliphatic heterocycles. The minimum absolute atomic E-state index is 0.295. The lowest BCUT2D eigenvalue weighted by Gasteiger charge is -2.37. The smallest absolute Gasteiger partial charge is 0.303 e. The Kier molecular flexibility index (Phi) is 5.22. The number of carbonyl (C=O) groups excluding carboxylic acids is 3. The Morgan fingerprint density at radius 1 is 0.947 bits per heavy atom. The lowest BCUT2D eigenvalue weighted by atomic mass is 10.1. The molecule has 7 nitrogen and oxygen atoms in total. The number of halogens is 1. The molecule has 0 aromatic heterocycles. The third-order valence-corrected chi connectivity index (χ3v) is 2.29. The lowest BCUT2D eigenvalue weighted by Crippen LogP contribution is -2.56. The predicted molar refractivity (Wildman–Crippen MR) is 57.5 cm³/mol. The second-order valence-corrected chi connectivity index (χ2v) is 3.98. The molecular formula is C11H15FO7. The van der Waals surface area contributed by atoms with Crippen LogP contribution < -0.4 is 0 Å². The summed E-state index contributed by atoms with van der Waals surface area (Å²) in [6, 6.07) is 0. The van der Waals surface area contributed by atoms with E-state index in [1.807, 2.05) is 0 Å². The van der Waals surface area contributed by atoms with Crippen LogP contribution in [0.25, 0.3) is 0 Å². The van der Waals surface area contributed by atoms with E-state index >= 15 is 0 Å². The Labute approximate surface area is 108 Å². The molecule has 8 heteroatoms. The SMILES string of the molecule is CC(=O)O[C@H]1[C@H](OC(C)=O)COC(F)[C@@H]1OC(C)=O. The zero-order valence-electron chi connectivity index (χ0n) is 10.8. The van der Waals surface area contributed by atoms with Crippen LogP contribution in [-0.2, 0) is 33.3 Å². The van der Waals surface area contributed by atoms with Gasteiger partial charge in [0.1, 0.15) is 0 Å². The molecule has 0 bridgehead atoms. The molecule has 1 fully saturated rings. The van der Waals surface area contributed by atoms with Crippen molar-refractivity contribution in [2.24, 2.45) is 0 Å². The van der Waals surface area contributed by atoms with Gasteiger partial charge in [0.15, 0.2) is 18.3 Å². The minimum Gasteiger partial charge on any atom is -0.456 e. The Bertz CT molecular complexity index is 370. The molecule has 0 aromatic carbocycles. The van der Waals surface area contributed by atoms with Crippen molar-refractivity contribution in [2.75, 3.05) is 6.61 Å². The van der Waals surface area contributed by atoms with Crippen molar-refractivity contribution in [2.45, 2.75) is 45.4 Å². The molecule has 0 N–H and O–H groups in total. The first kappa shape index (κ1) is 15.4. The summed E-state index contributed by atoms with van der Waals surface area (Å²) in [5.74, 6) is -2.13. The van der Waals surface area contributed by atoms with Crippen LogP contribution in [0.2, 0.25) is 0 Å². The molecule has 108 valence electrons. The lowest BCUT2D eigenvalue weighted by molar-refractivity contribution is -0.248. The minimum atomic E-state index is -1.96. The van der Waals surface area contributed by atoms with Gasteiger partial charge in [-0.1, -0.05) is 0 Å². The van der Waals surface area contributed by atoms with Gasteiger partial charge in [-0.15, -0.1) is 0 Å². The molecule has 1 aliphatic rings. The van der Waals surface area contributed by atoms with Gasteiger partial charge in [0, 0.05) is 20.8 Å². The Hall–Kier alpha value is -1.70. The van der Waals surface area contributed by atoms with E-state index in [1.54, 1.807) is 0 Å². The number of ether oxygens (including phenoxy) is 4. The van der Waals surface area contributed by atoms with Gasteiger partial charge >= 0.3 is 17.9 Å². The molecule has 0 spiro atoms. The summed E-state index contributed by atoms with van der Waals surface area (Å²) in [5.41, 5.74) is 0. The van der Waals surface area contributed by atoms with E-state index in [0.29, 0.717) is 0 Å². The molecule has 0 saturated carbocycles. The number of alkyl halides is 1. The van der Waals surface area contributed by atoms with Gasteiger partial charge in [-0.3, -0.25) is 14.4 Å². The molecule has 0 aliphatic carbocycles. The van der Waals surface area contributed by atoms with Crippen molar-refractivity contribution < 1.29 is 37.7 Å². The first-order valence-corrected chi connectivity index (χ1v) is 5.58. The van der Waals surface area contributed by atoms with Gasteiger partial charge in [0.05, 0.1) is 6.61 Å². The van der Waals surface area contributed by atoms with Crippen LogP contribution in [0.3, 0.4) is 0 Å². The highest BCUT2D eigenvalue weighted by Gasteiger charge is 2.47. The van der Waals surface area contributed by atoms with E-state index in [2.05, 4.69) is 0 Å². The fourth-order valence-electron chi connectivity index (χ4n) is 1.70. The summed E-state index contributed by atoms with van der Waals surface area (Å²) in [5, 5.41) is 0. The summed E-state index contributed by atoms with van der Waals surface area (Å²) in [6.07, 6.45) is -5.70. The largest absolute Gasteiger partial charge is 0.456 e. The molecular weight excluding hydrogens is 263 g/mol. The van der Waals surface area contributed by atoms with Crippen LogP contribution in [0, 0.1) is 0 Å². The average Bonchev–Trinajstić information content (AvgIpc) is 2.25. The molecule has 19 heavy (non-hydrogen) atoms. The summed E-state index contributed by atoms with van der Waals surface area (Å²) in [6.45, 7) is 3.04. The van der Waals surface area contributed by atoms with E-state index in [-0.39, 0.29) is 6.61 Å².